The molecule has 0 aromatic heterocycles. The molecule has 5 nitrogen and oxygen atoms in total. The van der Waals surface area contributed by atoms with Crippen molar-refractivity contribution in [1.82, 2.24) is 4.90 Å². The number of rotatable bonds is 4. The third-order valence-corrected chi connectivity index (χ3v) is 2.99. The van der Waals surface area contributed by atoms with Crippen molar-refractivity contribution in [2.24, 2.45) is 0 Å². The van der Waals surface area contributed by atoms with Crippen molar-refractivity contribution < 1.29 is 19.1 Å². The highest BCUT2D eigenvalue weighted by molar-refractivity contribution is 6.34. The maximum absolute atomic E-state index is 11.4. The van der Waals surface area contributed by atoms with Crippen LogP contribution in [-0.2, 0) is 16.0 Å². The van der Waals surface area contributed by atoms with Gasteiger partial charge in [-0.25, -0.2) is 0 Å². The van der Waals surface area contributed by atoms with E-state index in [1.54, 1.807) is 7.05 Å². The van der Waals surface area contributed by atoms with Gasteiger partial charge in [-0.3, -0.25) is 9.59 Å². The van der Waals surface area contributed by atoms with Crippen molar-refractivity contribution in [2.75, 3.05) is 26.8 Å². The highest BCUT2D eigenvalue weighted by Crippen LogP contribution is 2.30. The highest BCUT2D eigenvalue weighted by Gasteiger charge is 2.15. The monoisotopic (exact) mass is 263 g/mol. The number of hydrogen-bond donors (Lipinski definition) is 0. The van der Waals surface area contributed by atoms with Crippen LogP contribution in [-0.4, -0.2) is 43.4 Å². The van der Waals surface area contributed by atoms with E-state index in [1.807, 2.05) is 18.2 Å². The summed E-state index contributed by atoms with van der Waals surface area (Å²) in [6, 6.07) is 5.73. The molecule has 2 rings (SSSR count). The fraction of sp³-hybridized carbons (Fsp3) is 0.429. The van der Waals surface area contributed by atoms with E-state index >= 15 is 0 Å². The number of hydrogen-bond acceptors (Lipinski definition) is 4. The third kappa shape index (κ3) is 3.24. The number of Topliss-reactive ketones (excluding diaryl/α,β-unsaturated/α-hetero) is 1. The summed E-state index contributed by atoms with van der Waals surface area (Å²) in [5, 5.41) is 0. The zero-order valence-electron chi connectivity index (χ0n) is 11.1. The number of benzene rings is 1. The summed E-state index contributed by atoms with van der Waals surface area (Å²) in [4.78, 5) is 23.8. The molecule has 5 heteroatoms. The van der Waals surface area contributed by atoms with Gasteiger partial charge in [0.15, 0.2) is 11.5 Å². The van der Waals surface area contributed by atoms with Gasteiger partial charge in [-0.05, 0) is 24.1 Å². The Balaban J connectivity index is 1.96. The van der Waals surface area contributed by atoms with Crippen LogP contribution in [0.3, 0.4) is 0 Å². The molecule has 0 N–H and O–H groups in total. The van der Waals surface area contributed by atoms with Gasteiger partial charge in [0.2, 0.25) is 5.78 Å². The van der Waals surface area contributed by atoms with Gasteiger partial charge >= 0.3 is 0 Å². The predicted molar refractivity (Wildman–Crippen MR) is 69.5 cm³/mol. The molecule has 1 aliphatic rings. The molecule has 1 aliphatic heterocycles. The van der Waals surface area contributed by atoms with Crippen LogP contribution >= 0.6 is 0 Å². The van der Waals surface area contributed by atoms with E-state index in [2.05, 4.69) is 0 Å². The summed E-state index contributed by atoms with van der Waals surface area (Å²) < 4.78 is 10.9. The third-order valence-electron chi connectivity index (χ3n) is 2.99. The predicted octanol–water partition coefficient (Wildman–Crippen LogP) is 1.05. The Labute approximate surface area is 112 Å². The van der Waals surface area contributed by atoms with Crippen LogP contribution in [0, 0.1) is 0 Å². The molecule has 0 fully saturated rings. The van der Waals surface area contributed by atoms with Crippen LogP contribution in [0.25, 0.3) is 0 Å². The minimum Gasteiger partial charge on any atom is -0.486 e. The van der Waals surface area contributed by atoms with Crippen LogP contribution in [0.2, 0.25) is 0 Å². The van der Waals surface area contributed by atoms with E-state index < -0.39 is 11.7 Å². The van der Waals surface area contributed by atoms with Crippen molar-refractivity contribution in [3.8, 4) is 11.5 Å². The van der Waals surface area contributed by atoms with Crippen molar-refractivity contribution in [1.29, 1.82) is 0 Å². The summed E-state index contributed by atoms with van der Waals surface area (Å²) in [6.07, 6.45) is 0.673. The zero-order chi connectivity index (χ0) is 13.8. The summed E-state index contributed by atoms with van der Waals surface area (Å²) in [5.41, 5.74) is 1.05. The van der Waals surface area contributed by atoms with Crippen LogP contribution in [0.4, 0.5) is 0 Å². The molecule has 1 amide bonds. The van der Waals surface area contributed by atoms with Crippen molar-refractivity contribution in [2.45, 2.75) is 13.3 Å². The van der Waals surface area contributed by atoms with Gasteiger partial charge in [-0.15, -0.1) is 0 Å². The van der Waals surface area contributed by atoms with Gasteiger partial charge in [0, 0.05) is 20.5 Å². The Morgan fingerprint density at radius 1 is 1.21 bits per heavy atom. The van der Waals surface area contributed by atoms with Crippen LogP contribution in [0.5, 0.6) is 11.5 Å². The molecule has 0 spiro atoms. The lowest BCUT2D eigenvalue weighted by molar-refractivity contribution is -0.142. The molecule has 0 unspecified atom stereocenters. The van der Waals surface area contributed by atoms with E-state index in [9.17, 15) is 9.59 Å². The summed E-state index contributed by atoms with van der Waals surface area (Å²) in [6.45, 7) is 2.91. The number of carbonyl (C=O) groups is 2. The second kappa shape index (κ2) is 5.73. The van der Waals surface area contributed by atoms with E-state index in [4.69, 9.17) is 9.47 Å². The number of amides is 1. The largest absolute Gasteiger partial charge is 0.486 e. The maximum atomic E-state index is 11.4. The maximum Gasteiger partial charge on any atom is 0.289 e. The SMILES string of the molecule is CC(=O)C(=O)N(C)CCc1ccc2c(c1)OCCO2. The quantitative estimate of drug-likeness (QED) is 0.762. The number of nitrogens with zero attached hydrogens (tertiary/aromatic N) is 1. The lowest BCUT2D eigenvalue weighted by Crippen LogP contribution is -2.33. The summed E-state index contributed by atoms with van der Waals surface area (Å²) >= 11 is 0. The smallest absolute Gasteiger partial charge is 0.289 e. The van der Waals surface area contributed by atoms with Gasteiger partial charge in [0.25, 0.3) is 5.91 Å². The Morgan fingerprint density at radius 2 is 1.89 bits per heavy atom. The van der Waals surface area contributed by atoms with Gasteiger partial charge in [0.1, 0.15) is 13.2 Å². The Kier molecular flexibility index (Phi) is 4.04. The van der Waals surface area contributed by atoms with Crippen LogP contribution in [0.1, 0.15) is 12.5 Å². The first-order chi connectivity index (χ1) is 9.08. The molecule has 0 saturated carbocycles. The average molecular weight is 263 g/mol. The fourth-order valence-electron chi connectivity index (χ4n) is 1.91. The Hall–Kier alpha value is -2.04. The van der Waals surface area contributed by atoms with Crippen molar-refractivity contribution >= 4 is 11.7 Å². The molecule has 1 aromatic carbocycles. The van der Waals surface area contributed by atoms with Crippen molar-refractivity contribution in [3.05, 3.63) is 23.8 Å². The van der Waals surface area contributed by atoms with E-state index in [-0.39, 0.29) is 0 Å². The second-order valence-corrected chi connectivity index (χ2v) is 4.51. The first-order valence-electron chi connectivity index (χ1n) is 6.22. The van der Waals surface area contributed by atoms with Crippen LogP contribution in [0.15, 0.2) is 18.2 Å². The normalized spacial score (nSPS) is 12.9. The highest BCUT2D eigenvalue weighted by atomic mass is 16.6. The van der Waals surface area contributed by atoms with Crippen molar-refractivity contribution in [3.63, 3.8) is 0 Å². The minimum absolute atomic E-state index is 0.440. The molecular formula is C14H17NO4. The summed E-state index contributed by atoms with van der Waals surface area (Å²) in [5.74, 6) is 0.592. The molecule has 0 aliphatic carbocycles. The van der Waals surface area contributed by atoms with E-state index in [0.717, 1.165) is 17.1 Å². The molecule has 0 bridgehead atoms. The number of likely N-dealkylation sites (N-methyl/N-ethyl adjacent to an activating group) is 1. The number of fused-ring (bicyclic) bond motifs is 1. The average Bonchev–Trinajstić information content (AvgIpc) is 2.43. The standard InChI is InChI=1S/C14H17NO4/c1-10(16)14(17)15(2)6-5-11-3-4-12-13(9-11)19-8-7-18-12/h3-4,9H,5-8H2,1-2H3. The number of carbonyl (C=O) groups excluding carboxylic acids is 2. The van der Waals surface area contributed by atoms with E-state index in [0.29, 0.717) is 26.2 Å². The molecule has 0 atom stereocenters. The van der Waals surface area contributed by atoms with Gasteiger partial charge in [-0.2, -0.15) is 0 Å². The zero-order valence-corrected chi connectivity index (χ0v) is 11.1. The van der Waals surface area contributed by atoms with E-state index in [1.165, 1.54) is 11.8 Å². The van der Waals surface area contributed by atoms with Gasteiger partial charge in [0.05, 0.1) is 0 Å². The Bertz CT molecular complexity index is 498. The molecule has 0 saturated heterocycles. The molecule has 1 heterocycles. The number of ketones is 1. The molecular weight excluding hydrogens is 246 g/mol. The van der Waals surface area contributed by atoms with Gasteiger partial charge in [-0.1, -0.05) is 6.07 Å². The minimum atomic E-state index is -0.461. The van der Waals surface area contributed by atoms with Crippen LogP contribution < -0.4 is 9.47 Å². The Morgan fingerprint density at radius 3 is 2.58 bits per heavy atom. The first-order valence-corrected chi connectivity index (χ1v) is 6.22. The molecule has 1 aromatic rings. The second-order valence-electron chi connectivity index (χ2n) is 4.51. The molecule has 102 valence electrons. The fourth-order valence-corrected chi connectivity index (χ4v) is 1.91. The molecule has 0 radical (unpaired) electrons. The summed E-state index contributed by atoms with van der Waals surface area (Å²) in [7, 11) is 1.63. The lowest BCUT2D eigenvalue weighted by Gasteiger charge is -2.20. The first kappa shape index (κ1) is 13.4. The van der Waals surface area contributed by atoms with Gasteiger partial charge < -0.3 is 14.4 Å². The topological polar surface area (TPSA) is 55.8 Å². The lowest BCUT2D eigenvalue weighted by atomic mass is 10.1. The molecule has 19 heavy (non-hydrogen) atoms. The number of ether oxygens (including phenoxy) is 2.